The van der Waals surface area contributed by atoms with Crippen LogP contribution < -0.4 is 24.2 Å². The molecule has 2 aliphatic carbocycles. The number of allylic oxidation sites excluding steroid dienone is 1. The van der Waals surface area contributed by atoms with Gasteiger partial charge < -0.3 is 29.5 Å². The zero-order valence-electron chi connectivity index (χ0n) is 38.6. The largest absolute Gasteiger partial charge is 0.497 e. The number of fused-ring (bicyclic) bond motifs is 3. The van der Waals surface area contributed by atoms with E-state index in [1.165, 1.54) is 7.11 Å². The standard InChI is InChI=1S/C47H59F3N6O10S/c1-8-28-19-27(4)11-9-10-12-30-23-46(30,43(59)54-67(62,63)34-15-16-34)53-40(57)38-22-33(25-55(38)42(58)39(28)56(44(60)61)45(5,6)47(48,49)50)66-41-35-17-13-31(64-7)20-29(35)21-37(52-41)36-18-14-32(24-51-36)65-26(2)3/h10,12-14,17-18,20-21,24,26-28,30,33-34,38-39H,8-9,11,15-16,19,22-23,25H2,1-7H3,(H,53,57)(H,54,59)(H,60,61)/t27-,28+,30+,33+,38-,39-,46+/m0/s1. The molecule has 2 aliphatic heterocycles. The average molecular weight is 957 g/mol. The Labute approximate surface area is 388 Å². The van der Waals surface area contributed by atoms with Gasteiger partial charge in [-0.1, -0.05) is 32.4 Å². The fourth-order valence-electron chi connectivity index (χ4n) is 9.26. The maximum atomic E-state index is 15.4. The van der Waals surface area contributed by atoms with Gasteiger partial charge in [0.05, 0.1) is 42.6 Å². The number of methoxy groups -OCH3 is 1. The molecule has 3 N–H and O–H groups in total. The first-order valence-electron chi connectivity index (χ1n) is 22.7. The highest BCUT2D eigenvalue weighted by atomic mass is 32.2. The second kappa shape index (κ2) is 18.8. The molecule has 0 spiro atoms. The third-order valence-corrected chi connectivity index (χ3v) is 15.2. The van der Waals surface area contributed by atoms with Crippen LogP contribution in [0.25, 0.3) is 22.2 Å². The van der Waals surface area contributed by atoms with Gasteiger partial charge in [0.1, 0.15) is 40.8 Å². The van der Waals surface area contributed by atoms with Gasteiger partial charge in [-0.15, -0.1) is 0 Å². The zero-order valence-corrected chi connectivity index (χ0v) is 39.4. The lowest BCUT2D eigenvalue weighted by atomic mass is 9.82. The highest BCUT2D eigenvalue weighted by Crippen LogP contribution is 2.47. The van der Waals surface area contributed by atoms with E-state index in [-0.39, 0.29) is 48.5 Å². The Kier molecular flexibility index (Phi) is 13.8. The maximum absolute atomic E-state index is 15.4. The Balaban J connectivity index is 1.32. The van der Waals surface area contributed by atoms with Crippen molar-refractivity contribution in [2.24, 2.45) is 17.8 Å². The van der Waals surface area contributed by atoms with Crippen molar-refractivity contribution in [3.63, 3.8) is 0 Å². The number of rotatable bonds is 12. The molecule has 67 heavy (non-hydrogen) atoms. The van der Waals surface area contributed by atoms with E-state index in [0.29, 0.717) is 73.2 Å². The van der Waals surface area contributed by atoms with Crippen LogP contribution in [-0.2, 0) is 24.4 Å². The lowest BCUT2D eigenvalue weighted by Gasteiger charge is -2.46. The van der Waals surface area contributed by atoms with Crippen molar-refractivity contribution in [1.82, 2.24) is 29.8 Å². The summed E-state index contributed by atoms with van der Waals surface area (Å²) in [5, 5.41) is 13.8. The smallest absolute Gasteiger partial charge is 0.411 e. The average Bonchev–Trinajstić information content (AvgIpc) is 4.19. The van der Waals surface area contributed by atoms with Crippen molar-refractivity contribution < 1.29 is 60.1 Å². The van der Waals surface area contributed by atoms with E-state index >= 15 is 4.79 Å². The fourth-order valence-corrected chi connectivity index (χ4v) is 10.6. The molecule has 0 bridgehead atoms. The first-order chi connectivity index (χ1) is 31.5. The van der Waals surface area contributed by atoms with Crippen LogP contribution in [0.4, 0.5) is 18.0 Å². The SMILES string of the molecule is CC[C@@H]1C[C@@H](C)CCC=C[C@@H]2C[C@@]2(C(=O)NS(=O)(=O)C2CC2)NC(=O)[C@@H]2C[C@@H](Oc3nc(-c4ccc(OC(C)C)cn4)cc4cc(OC)ccc34)CN2C(=O)[C@H]1N(C(=O)O)C(C)(C)C(F)(F)F. The van der Waals surface area contributed by atoms with Gasteiger partial charge in [0.2, 0.25) is 27.7 Å². The topological polar surface area (TPSA) is 207 Å². The Hall–Kier alpha value is -5.66. The van der Waals surface area contributed by atoms with Crippen molar-refractivity contribution in [1.29, 1.82) is 0 Å². The minimum atomic E-state index is -5.12. The molecule has 2 saturated carbocycles. The number of halogens is 3. The summed E-state index contributed by atoms with van der Waals surface area (Å²) in [6.45, 7) is 8.31. The van der Waals surface area contributed by atoms with Crippen LogP contribution in [-0.4, -0.2) is 118 Å². The van der Waals surface area contributed by atoms with Crippen molar-refractivity contribution in [3.8, 4) is 28.8 Å². The Bertz CT molecular complexity index is 2520. The molecule has 7 atom stereocenters. The number of sulfonamides is 1. The molecule has 1 saturated heterocycles. The summed E-state index contributed by atoms with van der Waals surface area (Å²) in [5.41, 5.74) is -3.98. The molecule has 4 aliphatic rings. The number of nitrogens with one attached hydrogen (secondary N) is 2. The van der Waals surface area contributed by atoms with Crippen molar-refractivity contribution in [3.05, 3.63) is 54.7 Å². The van der Waals surface area contributed by atoms with Crippen molar-refractivity contribution in [2.75, 3.05) is 13.7 Å². The van der Waals surface area contributed by atoms with Gasteiger partial charge in [-0.25, -0.2) is 18.2 Å². The quantitative estimate of drug-likeness (QED) is 0.157. The normalized spacial score (nSPS) is 26.2. The third kappa shape index (κ3) is 10.3. The van der Waals surface area contributed by atoms with E-state index in [4.69, 9.17) is 19.2 Å². The number of alkyl halides is 3. The lowest BCUT2D eigenvalue weighted by molar-refractivity contribution is -0.222. The van der Waals surface area contributed by atoms with Gasteiger partial charge in [0.25, 0.3) is 5.91 Å². The van der Waals surface area contributed by atoms with Gasteiger partial charge in [-0.3, -0.25) is 29.0 Å². The molecule has 0 radical (unpaired) electrons. The van der Waals surface area contributed by atoms with E-state index < -0.39 is 92.9 Å². The van der Waals surface area contributed by atoms with Crippen LogP contribution in [0.5, 0.6) is 17.4 Å². The molecule has 3 aromatic rings. The second-order valence-electron chi connectivity index (χ2n) is 19.0. The zero-order chi connectivity index (χ0) is 48.8. The molecule has 0 unspecified atom stereocenters. The molecule has 4 amide bonds. The number of carboxylic acid groups (broad SMARTS) is 1. The molecule has 3 fully saturated rings. The number of hydrogen-bond acceptors (Lipinski definition) is 11. The Morgan fingerprint density at radius 1 is 1.06 bits per heavy atom. The summed E-state index contributed by atoms with van der Waals surface area (Å²) in [6, 6.07) is 6.95. The van der Waals surface area contributed by atoms with E-state index in [1.54, 1.807) is 55.6 Å². The molecule has 7 rings (SSSR count). The highest BCUT2D eigenvalue weighted by molar-refractivity contribution is 7.91. The summed E-state index contributed by atoms with van der Waals surface area (Å²) < 4.78 is 91.0. The number of carbonyl (C=O) groups excluding carboxylic acids is 3. The molecule has 1 aromatic carbocycles. The summed E-state index contributed by atoms with van der Waals surface area (Å²) in [4.78, 5) is 68.0. The summed E-state index contributed by atoms with van der Waals surface area (Å²) in [5.74, 6) is -3.54. The van der Waals surface area contributed by atoms with Crippen LogP contribution in [0.15, 0.2) is 54.7 Å². The predicted octanol–water partition coefficient (Wildman–Crippen LogP) is 7.02. The predicted molar refractivity (Wildman–Crippen MR) is 241 cm³/mol. The van der Waals surface area contributed by atoms with Crippen LogP contribution in [0.1, 0.15) is 92.9 Å². The Morgan fingerprint density at radius 2 is 1.78 bits per heavy atom. The van der Waals surface area contributed by atoms with E-state index in [2.05, 4.69) is 15.0 Å². The minimum Gasteiger partial charge on any atom is -0.497 e. The first kappa shape index (κ1) is 49.3. The molecule has 4 heterocycles. The monoisotopic (exact) mass is 956 g/mol. The second-order valence-corrected chi connectivity index (χ2v) is 21.0. The summed E-state index contributed by atoms with van der Waals surface area (Å²) in [6.07, 6.45) is -1.40. The van der Waals surface area contributed by atoms with E-state index in [1.807, 2.05) is 26.8 Å². The minimum absolute atomic E-state index is 0.0370. The van der Waals surface area contributed by atoms with Gasteiger partial charge in [0, 0.05) is 17.7 Å². The third-order valence-electron chi connectivity index (χ3n) is 13.4. The van der Waals surface area contributed by atoms with E-state index in [0.717, 1.165) is 4.90 Å². The number of nitrogens with zero attached hydrogens (tertiary/aromatic N) is 4. The van der Waals surface area contributed by atoms with Crippen LogP contribution in [0, 0.1) is 17.8 Å². The molecule has 16 nitrogen and oxygen atoms in total. The molecule has 20 heteroatoms. The number of benzene rings is 1. The van der Waals surface area contributed by atoms with E-state index in [9.17, 15) is 41.1 Å². The number of pyridine rings is 2. The molecular weight excluding hydrogens is 898 g/mol. The number of aromatic nitrogens is 2. The number of hydrogen-bond donors (Lipinski definition) is 3. The maximum Gasteiger partial charge on any atom is 0.411 e. The van der Waals surface area contributed by atoms with Gasteiger partial charge in [-0.05, 0) is 120 Å². The first-order valence-corrected chi connectivity index (χ1v) is 24.3. The van der Waals surface area contributed by atoms with Gasteiger partial charge >= 0.3 is 12.3 Å². The summed E-state index contributed by atoms with van der Waals surface area (Å²) >= 11 is 0. The number of amides is 4. The van der Waals surface area contributed by atoms with Gasteiger partial charge in [0.15, 0.2) is 0 Å². The molecule has 2 aromatic heterocycles. The van der Waals surface area contributed by atoms with Crippen LogP contribution in [0.3, 0.4) is 0 Å². The molecule has 364 valence electrons. The highest BCUT2D eigenvalue weighted by Gasteiger charge is 2.63. The van der Waals surface area contributed by atoms with Crippen LogP contribution >= 0.6 is 0 Å². The Morgan fingerprint density at radius 3 is 2.39 bits per heavy atom. The number of ether oxygens (including phenoxy) is 3. The fraction of sp³-hybridized carbons (Fsp3) is 0.574. The molecular formula is C47H59F3N6O10S. The van der Waals surface area contributed by atoms with Crippen molar-refractivity contribution in [2.45, 2.75) is 140 Å². The summed E-state index contributed by atoms with van der Waals surface area (Å²) in [7, 11) is -2.55. The number of carbonyl (C=O) groups is 4. The van der Waals surface area contributed by atoms with Crippen LogP contribution in [0.2, 0.25) is 0 Å². The van der Waals surface area contributed by atoms with Gasteiger partial charge in [-0.2, -0.15) is 13.2 Å². The van der Waals surface area contributed by atoms with Crippen molar-refractivity contribution >= 4 is 44.6 Å². The lowest BCUT2D eigenvalue weighted by Crippen LogP contribution is -2.66.